The molecule has 72 valence electrons. The molecule has 0 radical (unpaired) electrons. The topological polar surface area (TPSA) is 29.1 Å². The molecule has 2 heteroatoms. The third-order valence-corrected chi connectivity index (χ3v) is 2.69. The van der Waals surface area contributed by atoms with Crippen molar-refractivity contribution in [2.24, 2.45) is 5.41 Å². The lowest BCUT2D eigenvalue weighted by Crippen LogP contribution is -2.37. The van der Waals surface area contributed by atoms with Gasteiger partial charge in [0, 0.05) is 6.54 Å². The third-order valence-electron chi connectivity index (χ3n) is 2.69. The maximum Gasteiger partial charge on any atom is 0.230 e. The zero-order valence-corrected chi connectivity index (χ0v) is 8.01. The molecule has 1 saturated heterocycles. The van der Waals surface area contributed by atoms with Gasteiger partial charge in [-0.3, -0.25) is 4.79 Å². The molecule has 1 atom stereocenters. The zero-order chi connectivity index (χ0) is 9.73. The molecule has 1 unspecified atom stereocenters. The van der Waals surface area contributed by atoms with E-state index >= 15 is 0 Å². The number of nitrogens with one attached hydrogen (secondary N) is 1. The molecule has 0 bridgehead atoms. The van der Waals surface area contributed by atoms with Gasteiger partial charge >= 0.3 is 0 Å². The van der Waals surface area contributed by atoms with E-state index in [1.165, 1.54) is 0 Å². The van der Waals surface area contributed by atoms with Crippen LogP contribution in [0.1, 0.15) is 25.7 Å². The zero-order valence-electron chi connectivity index (χ0n) is 8.01. The van der Waals surface area contributed by atoms with Crippen LogP contribution in [0.2, 0.25) is 0 Å². The number of carbonyl (C=O) groups excluding carboxylic acids is 1. The van der Waals surface area contributed by atoms with Crippen molar-refractivity contribution >= 4 is 5.91 Å². The standard InChI is InChI=1S/C11H17NO/c1-3-7-11(4-2)8-5-6-9-12-10(11)13/h3-4H,1-2,5-9H2,(H,12,13). The van der Waals surface area contributed by atoms with Gasteiger partial charge < -0.3 is 5.32 Å². The van der Waals surface area contributed by atoms with Crippen LogP contribution in [0.15, 0.2) is 25.3 Å². The van der Waals surface area contributed by atoms with Gasteiger partial charge in [0.15, 0.2) is 0 Å². The van der Waals surface area contributed by atoms with Gasteiger partial charge in [0.1, 0.15) is 0 Å². The van der Waals surface area contributed by atoms with E-state index in [1.54, 1.807) is 12.2 Å². The van der Waals surface area contributed by atoms with Crippen molar-refractivity contribution in [3.8, 4) is 0 Å². The quantitative estimate of drug-likeness (QED) is 0.660. The number of amides is 1. The molecule has 0 aromatic rings. The molecule has 1 aliphatic rings. The van der Waals surface area contributed by atoms with Gasteiger partial charge in [0.2, 0.25) is 5.91 Å². The van der Waals surface area contributed by atoms with Crippen LogP contribution in [0.4, 0.5) is 0 Å². The van der Waals surface area contributed by atoms with Gasteiger partial charge in [-0.25, -0.2) is 0 Å². The van der Waals surface area contributed by atoms with Crippen LogP contribution in [0.5, 0.6) is 0 Å². The van der Waals surface area contributed by atoms with Crippen LogP contribution in [0.25, 0.3) is 0 Å². The van der Waals surface area contributed by atoms with Crippen molar-refractivity contribution in [3.05, 3.63) is 25.3 Å². The SMILES string of the molecule is C=CCC1(C=C)CCCCNC1=O. The smallest absolute Gasteiger partial charge is 0.230 e. The van der Waals surface area contributed by atoms with E-state index in [1.807, 2.05) is 0 Å². The van der Waals surface area contributed by atoms with E-state index in [0.717, 1.165) is 25.8 Å². The largest absolute Gasteiger partial charge is 0.355 e. The number of allylic oxidation sites excluding steroid dienone is 1. The summed E-state index contributed by atoms with van der Waals surface area (Å²) >= 11 is 0. The molecule has 1 aliphatic heterocycles. The lowest BCUT2D eigenvalue weighted by atomic mass is 9.79. The van der Waals surface area contributed by atoms with Crippen LogP contribution in [-0.2, 0) is 4.79 Å². The minimum absolute atomic E-state index is 0.111. The summed E-state index contributed by atoms with van der Waals surface area (Å²) in [6, 6.07) is 0. The Morgan fingerprint density at radius 1 is 1.46 bits per heavy atom. The lowest BCUT2D eigenvalue weighted by Gasteiger charge is -2.25. The fourth-order valence-electron chi connectivity index (χ4n) is 1.79. The minimum atomic E-state index is -0.391. The summed E-state index contributed by atoms with van der Waals surface area (Å²) in [7, 11) is 0. The Morgan fingerprint density at radius 3 is 2.85 bits per heavy atom. The molecule has 1 heterocycles. The monoisotopic (exact) mass is 179 g/mol. The maximum absolute atomic E-state index is 11.7. The van der Waals surface area contributed by atoms with Gasteiger partial charge in [-0.05, 0) is 19.3 Å². The molecule has 1 fully saturated rings. The Kier molecular flexibility index (Phi) is 3.29. The first-order valence-electron chi connectivity index (χ1n) is 4.78. The molecule has 13 heavy (non-hydrogen) atoms. The second-order valence-electron chi connectivity index (χ2n) is 3.57. The first-order chi connectivity index (χ1) is 6.25. The number of hydrogen-bond donors (Lipinski definition) is 1. The fraction of sp³-hybridized carbons (Fsp3) is 0.545. The molecule has 0 aromatic carbocycles. The molecular formula is C11H17NO. The summed E-state index contributed by atoms with van der Waals surface area (Å²) < 4.78 is 0. The van der Waals surface area contributed by atoms with Gasteiger partial charge in [-0.15, -0.1) is 13.2 Å². The number of carbonyl (C=O) groups is 1. The summed E-state index contributed by atoms with van der Waals surface area (Å²) in [6.07, 6.45) is 7.32. The van der Waals surface area contributed by atoms with Gasteiger partial charge in [0.05, 0.1) is 5.41 Å². The lowest BCUT2D eigenvalue weighted by molar-refractivity contribution is -0.128. The number of rotatable bonds is 3. The molecule has 1 N–H and O–H groups in total. The predicted molar refractivity (Wildman–Crippen MR) is 54.3 cm³/mol. The van der Waals surface area contributed by atoms with Gasteiger partial charge in [-0.2, -0.15) is 0 Å². The molecule has 0 spiro atoms. The molecule has 1 amide bonds. The van der Waals surface area contributed by atoms with E-state index in [-0.39, 0.29) is 5.91 Å². The van der Waals surface area contributed by atoms with Crippen LogP contribution in [-0.4, -0.2) is 12.5 Å². The first kappa shape index (κ1) is 10.0. The van der Waals surface area contributed by atoms with Crippen molar-refractivity contribution in [3.63, 3.8) is 0 Å². The number of hydrogen-bond acceptors (Lipinski definition) is 1. The Balaban J connectivity index is 2.83. The predicted octanol–water partition coefficient (Wildman–Crippen LogP) is 2.04. The summed E-state index contributed by atoms with van der Waals surface area (Å²) in [5, 5.41) is 2.91. The van der Waals surface area contributed by atoms with E-state index in [9.17, 15) is 4.79 Å². The highest BCUT2D eigenvalue weighted by molar-refractivity contribution is 5.84. The van der Waals surface area contributed by atoms with E-state index < -0.39 is 5.41 Å². The van der Waals surface area contributed by atoms with Crippen molar-refractivity contribution in [1.82, 2.24) is 5.32 Å². The highest BCUT2D eigenvalue weighted by atomic mass is 16.2. The average Bonchev–Trinajstić information content (AvgIpc) is 2.31. The second kappa shape index (κ2) is 4.26. The van der Waals surface area contributed by atoms with Crippen molar-refractivity contribution < 1.29 is 4.79 Å². The fourth-order valence-corrected chi connectivity index (χ4v) is 1.79. The van der Waals surface area contributed by atoms with Gasteiger partial charge in [-0.1, -0.05) is 18.6 Å². The summed E-state index contributed by atoms with van der Waals surface area (Å²) in [5.41, 5.74) is -0.391. The maximum atomic E-state index is 11.7. The molecule has 2 nitrogen and oxygen atoms in total. The summed E-state index contributed by atoms with van der Waals surface area (Å²) in [5.74, 6) is 0.111. The highest BCUT2D eigenvalue weighted by Gasteiger charge is 2.34. The summed E-state index contributed by atoms with van der Waals surface area (Å²) in [6.45, 7) is 8.24. The van der Waals surface area contributed by atoms with Crippen molar-refractivity contribution in [2.45, 2.75) is 25.7 Å². The Labute approximate surface area is 79.7 Å². The van der Waals surface area contributed by atoms with Crippen LogP contribution in [0, 0.1) is 5.41 Å². The average molecular weight is 179 g/mol. The summed E-state index contributed by atoms with van der Waals surface area (Å²) in [4.78, 5) is 11.7. The van der Waals surface area contributed by atoms with E-state index in [4.69, 9.17) is 0 Å². The minimum Gasteiger partial charge on any atom is -0.355 e. The molecule has 1 rings (SSSR count). The molecule has 0 saturated carbocycles. The van der Waals surface area contributed by atoms with Crippen molar-refractivity contribution in [2.75, 3.05) is 6.54 Å². The third kappa shape index (κ3) is 2.00. The van der Waals surface area contributed by atoms with Gasteiger partial charge in [0.25, 0.3) is 0 Å². The van der Waals surface area contributed by atoms with Crippen LogP contribution < -0.4 is 5.32 Å². The van der Waals surface area contributed by atoms with Crippen LogP contribution >= 0.6 is 0 Å². The molecular weight excluding hydrogens is 162 g/mol. The normalized spacial score (nSPS) is 28.8. The molecule has 0 aromatic heterocycles. The Morgan fingerprint density at radius 2 is 2.23 bits per heavy atom. The Hall–Kier alpha value is -1.05. The van der Waals surface area contributed by atoms with Crippen molar-refractivity contribution in [1.29, 1.82) is 0 Å². The Bertz CT molecular complexity index is 222. The highest BCUT2D eigenvalue weighted by Crippen LogP contribution is 2.32. The van der Waals surface area contributed by atoms with E-state index in [0.29, 0.717) is 6.42 Å². The first-order valence-corrected chi connectivity index (χ1v) is 4.78. The molecule has 0 aliphatic carbocycles. The second-order valence-corrected chi connectivity index (χ2v) is 3.57. The van der Waals surface area contributed by atoms with E-state index in [2.05, 4.69) is 18.5 Å². The van der Waals surface area contributed by atoms with Crippen LogP contribution in [0.3, 0.4) is 0 Å².